The van der Waals surface area contributed by atoms with Crippen molar-refractivity contribution in [1.82, 2.24) is 4.90 Å². The molecule has 1 heterocycles. The highest BCUT2D eigenvalue weighted by molar-refractivity contribution is 5.60. The SMILES string of the molecule is C=CC(=C)OC(=C)C(=C(C)C)C1N(C)C=CN1c1ccccc1C. The maximum atomic E-state index is 5.75. The highest BCUT2D eigenvalue weighted by Crippen LogP contribution is 2.34. The average molecular weight is 322 g/mol. The lowest BCUT2D eigenvalue weighted by Gasteiger charge is -2.34. The fourth-order valence-corrected chi connectivity index (χ4v) is 2.88. The Hall–Kier alpha value is -2.68. The van der Waals surface area contributed by atoms with E-state index in [2.05, 4.69) is 94.0 Å². The molecular formula is C21H26N2O. The lowest BCUT2D eigenvalue weighted by atomic mass is 10.0. The molecule has 126 valence electrons. The van der Waals surface area contributed by atoms with Crippen LogP contribution in [0.2, 0.25) is 0 Å². The molecule has 0 amide bonds. The van der Waals surface area contributed by atoms with Gasteiger partial charge in [-0.15, -0.1) is 0 Å². The summed E-state index contributed by atoms with van der Waals surface area (Å²) < 4.78 is 5.75. The summed E-state index contributed by atoms with van der Waals surface area (Å²) in [4.78, 5) is 4.39. The van der Waals surface area contributed by atoms with Gasteiger partial charge in [-0.3, -0.25) is 0 Å². The van der Waals surface area contributed by atoms with Gasteiger partial charge in [0.15, 0.2) is 0 Å². The van der Waals surface area contributed by atoms with Crippen LogP contribution < -0.4 is 4.90 Å². The van der Waals surface area contributed by atoms with Crippen molar-refractivity contribution in [3.05, 3.63) is 90.7 Å². The summed E-state index contributed by atoms with van der Waals surface area (Å²) in [5, 5.41) is 0. The highest BCUT2D eigenvalue weighted by Gasteiger charge is 2.32. The lowest BCUT2D eigenvalue weighted by molar-refractivity contribution is 0.307. The average Bonchev–Trinajstić information content (AvgIpc) is 2.89. The second-order valence-corrected chi connectivity index (χ2v) is 6.14. The maximum Gasteiger partial charge on any atom is 0.135 e. The Morgan fingerprint density at radius 3 is 2.42 bits per heavy atom. The summed E-state index contributed by atoms with van der Waals surface area (Å²) >= 11 is 0. The van der Waals surface area contributed by atoms with Gasteiger partial charge in [-0.1, -0.05) is 43.5 Å². The third kappa shape index (κ3) is 3.46. The molecular weight excluding hydrogens is 296 g/mol. The van der Waals surface area contributed by atoms with Gasteiger partial charge in [0.25, 0.3) is 0 Å². The standard InChI is InChI=1S/C21H26N2O/c1-8-17(5)24-18(6)20(15(2)3)21-22(7)13-14-23(21)19-12-10-9-11-16(19)4/h8-14,21H,1,5-6H2,2-4,7H3. The molecule has 0 saturated heterocycles. The van der Waals surface area contributed by atoms with E-state index in [4.69, 9.17) is 4.74 Å². The molecule has 0 spiro atoms. The molecule has 1 aromatic rings. The first-order valence-electron chi connectivity index (χ1n) is 7.97. The molecule has 0 fully saturated rings. The second-order valence-electron chi connectivity index (χ2n) is 6.14. The van der Waals surface area contributed by atoms with Gasteiger partial charge in [-0.25, -0.2) is 0 Å². The molecule has 0 aliphatic carbocycles. The predicted molar refractivity (Wildman–Crippen MR) is 102 cm³/mol. The van der Waals surface area contributed by atoms with E-state index in [1.54, 1.807) is 6.08 Å². The Kier molecular flexibility index (Phi) is 5.35. The van der Waals surface area contributed by atoms with E-state index in [9.17, 15) is 0 Å². The van der Waals surface area contributed by atoms with Crippen LogP contribution in [0, 0.1) is 6.92 Å². The van der Waals surface area contributed by atoms with Gasteiger partial charge in [0.05, 0.1) is 0 Å². The molecule has 0 saturated carbocycles. The number of aryl methyl sites for hydroxylation is 1. The Bertz CT molecular complexity index is 723. The Morgan fingerprint density at radius 2 is 1.83 bits per heavy atom. The van der Waals surface area contributed by atoms with Gasteiger partial charge in [-0.05, 0) is 38.5 Å². The third-order valence-corrected chi connectivity index (χ3v) is 4.08. The molecule has 24 heavy (non-hydrogen) atoms. The molecule has 1 unspecified atom stereocenters. The monoisotopic (exact) mass is 322 g/mol. The topological polar surface area (TPSA) is 15.7 Å². The van der Waals surface area contributed by atoms with Crippen LogP contribution in [0.1, 0.15) is 19.4 Å². The zero-order chi connectivity index (χ0) is 17.9. The number of allylic oxidation sites excluding steroid dienone is 2. The largest absolute Gasteiger partial charge is 0.458 e. The molecule has 2 rings (SSSR count). The van der Waals surface area contributed by atoms with Crippen molar-refractivity contribution in [1.29, 1.82) is 0 Å². The van der Waals surface area contributed by atoms with Gasteiger partial charge in [-0.2, -0.15) is 0 Å². The van der Waals surface area contributed by atoms with Crippen molar-refractivity contribution in [2.24, 2.45) is 0 Å². The molecule has 0 aromatic heterocycles. The normalized spacial score (nSPS) is 16.1. The van der Waals surface area contributed by atoms with E-state index in [-0.39, 0.29) is 6.17 Å². The quantitative estimate of drug-likeness (QED) is 0.534. The van der Waals surface area contributed by atoms with Crippen LogP contribution in [0.5, 0.6) is 0 Å². The van der Waals surface area contributed by atoms with E-state index in [1.165, 1.54) is 5.56 Å². The molecule has 3 nitrogen and oxygen atoms in total. The first-order valence-corrected chi connectivity index (χ1v) is 7.97. The van der Waals surface area contributed by atoms with E-state index < -0.39 is 0 Å². The van der Waals surface area contributed by atoms with Gasteiger partial charge in [0, 0.05) is 30.7 Å². The predicted octanol–water partition coefficient (Wildman–Crippen LogP) is 5.11. The Morgan fingerprint density at radius 1 is 1.17 bits per heavy atom. The maximum absolute atomic E-state index is 5.75. The number of hydrogen-bond acceptors (Lipinski definition) is 3. The van der Waals surface area contributed by atoms with Crippen LogP contribution in [-0.4, -0.2) is 18.1 Å². The molecule has 0 bridgehead atoms. The van der Waals surface area contributed by atoms with Crippen LogP contribution in [0.3, 0.4) is 0 Å². The zero-order valence-electron chi connectivity index (χ0n) is 15.0. The highest BCUT2D eigenvalue weighted by atomic mass is 16.5. The summed E-state index contributed by atoms with van der Waals surface area (Å²) in [5.74, 6) is 1.09. The molecule has 1 atom stereocenters. The second kappa shape index (κ2) is 7.26. The van der Waals surface area contributed by atoms with Gasteiger partial charge in [0.1, 0.15) is 17.7 Å². The number of hydrogen-bond donors (Lipinski definition) is 0. The summed E-state index contributed by atoms with van der Waals surface area (Å²) in [5.41, 5.74) is 4.57. The molecule has 0 N–H and O–H groups in total. The van der Waals surface area contributed by atoms with Crippen molar-refractivity contribution in [3.8, 4) is 0 Å². The number of nitrogens with zero attached hydrogens (tertiary/aromatic N) is 2. The minimum atomic E-state index is -0.0128. The van der Waals surface area contributed by atoms with Gasteiger partial charge < -0.3 is 14.5 Å². The van der Waals surface area contributed by atoms with Crippen LogP contribution in [0.25, 0.3) is 0 Å². The molecule has 3 heteroatoms. The number of likely N-dealkylation sites (N-methyl/N-ethyl adjacent to an activating group) is 1. The minimum Gasteiger partial charge on any atom is -0.458 e. The summed E-state index contributed by atoms with van der Waals surface area (Å²) in [6.07, 6.45) is 5.73. The van der Waals surface area contributed by atoms with Crippen LogP contribution in [0.15, 0.2) is 85.1 Å². The Labute approximate surface area is 145 Å². The summed E-state index contributed by atoms with van der Waals surface area (Å²) in [6, 6.07) is 8.35. The van der Waals surface area contributed by atoms with Crippen molar-refractivity contribution in [2.75, 3.05) is 11.9 Å². The molecule has 0 radical (unpaired) electrons. The van der Waals surface area contributed by atoms with E-state index >= 15 is 0 Å². The van der Waals surface area contributed by atoms with Crippen LogP contribution in [0.4, 0.5) is 5.69 Å². The van der Waals surface area contributed by atoms with Gasteiger partial charge >= 0.3 is 0 Å². The fraction of sp³-hybridized carbons (Fsp3) is 0.238. The zero-order valence-corrected chi connectivity index (χ0v) is 15.0. The van der Waals surface area contributed by atoms with Crippen molar-refractivity contribution in [2.45, 2.75) is 26.9 Å². The fourth-order valence-electron chi connectivity index (χ4n) is 2.88. The first-order chi connectivity index (χ1) is 11.4. The number of benzene rings is 1. The van der Waals surface area contributed by atoms with E-state index in [0.29, 0.717) is 11.5 Å². The van der Waals surface area contributed by atoms with Crippen molar-refractivity contribution >= 4 is 5.69 Å². The third-order valence-electron chi connectivity index (χ3n) is 4.08. The number of rotatable bonds is 6. The van der Waals surface area contributed by atoms with E-state index in [1.807, 2.05) is 0 Å². The molecule has 1 aliphatic rings. The number of ether oxygens (including phenoxy) is 1. The summed E-state index contributed by atoms with van der Waals surface area (Å²) in [6.45, 7) is 17.9. The Balaban J connectivity index is 2.43. The smallest absolute Gasteiger partial charge is 0.135 e. The number of para-hydroxylation sites is 1. The van der Waals surface area contributed by atoms with Crippen molar-refractivity contribution < 1.29 is 4.74 Å². The number of anilines is 1. The van der Waals surface area contributed by atoms with Crippen molar-refractivity contribution in [3.63, 3.8) is 0 Å². The minimum absolute atomic E-state index is 0.0128. The lowest BCUT2D eigenvalue weighted by Crippen LogP contribution is -2.39. The summed E-state index contributed by atoms with van der Waals surface area (Å²) in [7, 11) is 2.05. The molecule has 1 aliphatic heterocycles. The van der Waals surface area contributed by atoms with E-state index in [0.717, 1.165) is 16.8 Å². The van der Waals surface area contributed by atoms with Gasteiger partial charge in [0.2, 0.25) is 0 Å². The molecule has 1 aromatic carbocycles. The first kappa shape index (κ1) is 17.7. The van der Waals surface area contributed by atoms with Crippen LogP contribution >= 0.6 is 0 Å². The van der Waals surface area contributed by atoms with Crippen LogP contribution in [-0.2, 0) is 4.74 Å².